The van der Waals surface area contributed by atoms with E-state index >= 15 is 0 Å². The van der Waals surface area contributed by atoms with Gasteiger partial charge in [-0.2, -0.15) is 0 Å². The van der Waals surface area contributed by atoms with Crippen LogP contribution in [-0.2, 0) is 0 Å². The zero-order valence-corrected chi connectivity index (χ0v) is 11.6. The third-order valence-corrected chi connectivity index (χ3v) is 2.92. The highest BCUT2D eigenvalue weighted by Crippen LogP contribution is 2.15. The number of benzene rings is 2. The number of aryl methyl sites for hydroxylation is 1. The van der Waals surface area contributed by atoms with Crippen molar-refractivity contribution in [2.24, 2.45) is 0 Å². The molecule has 0 spiro atoms. The molecular weight excluding hydrogens is 276 g/mol. The summed E-state index contributed by atoms with van der Waals surface area (Å²) in [6.07, 6.45) is -0.839. The molecule has 0 radical (unpaired) electrons. The molecule has 0 saturated heterocycles. The summed E-state index contributed by atoms with van der Waals surface area (Å²) >= 11 is 0. The van der Waals surface area contributed by atoms with E-state index in [-0.39, 0.29) is 18.8 Å². The van der Waals surface area contributed by atoms with Crippen molar-refractivity contribution >= 4 is 5.69 Å². The van der Waals surface area contributed by atoms with E-state index in [1.807, 2.05) is 31.2 Å². The Morgan fingerprint density at radius 3 is 2.57 bits per heavy atom. The lowest BCUT2D eigenvalue weighted by Gasteiger charge is -2.14. The van der Waals surface area contributed by atoms with Crippen LogP contribution < -0.4 is 10.1 Å². The first-order valence-corrected chi connectivity index (χ1v) is 6.61. The van der Waals surface area contributed by atoms with Gasteiger partial charge in [0.05, 0.1) is 5.69 Å². The molecule has 0 amide bonds. The summed E-state index contributed by atoms with van der Waals surface area (Å²) in [5, 5.41) is 12.4. The molecule has 1 atom stereocenters. The van der Waals surface area contributed by atoms with Gasteiger partial charge in [0.1, 0.15) is 30.1 Å². The number of ether oxygens (including phenoxy) is 1. The summed E-state index contributed by atoms with van der Waals surface area (Å²) in [5.41, 5.74) is 1.13. The molecule has 3 nitrogen and oxygen atoms in total. The van der Waals surface area contributed by atoms with Gasteiger partial charge >= 0.3 is 0 Å². The molecule has 0 fully saturated rings. The van der Waals surface area contributed by atoms with Crippen LogP contribution >= 0.6 is 0 Å². The molecule has 2 aromatic rings. The number of hydrogen-bond donors (Lipinski definition) is 2. The van der Waals surface area contributed by atoms with Gasteiger partial charge in [0.2, 0.25) is 0 Å². The van der Waals surface area contributed by atoms with Gasteiger partial charge in [0.15, 0.2) is 0 Å². The van der Waals surface area contributed by atoms with Gasteiger partial charge < -0.3 is 15.2 Å². The standard InChI is InChI=1S/C16H17F2NO2/c1-11-2-5-14(6-3-11)21-10-13(20)9-19-16-8-12(17)4-7-15(16)18/h2-8,13,19-20H,9-10H2,1H3. The number of rotatable bonds is 6. The fourth-order valence-electron chi connectivity index (χ4n) is 1.75. The smallest absolute Gasteiger partial charge is 0.146 e. The summed E-state index contributed by atoms with van der Waals surface area (Å²) < 4.78 is 31.8. The van der Waals surface area contributed by atoms with Crippen LogP contribution in [0.15, 0.2) is 42.5 Å². The average Bonchev–Trinajstić information content (AvgIpc) is 2.47. The van der Waals surface area contributed by atoms with E-state index in [9.17, 15) is 13.9 Å². The molecule has 0 aliphatic carbocycles. The van der Waals surface area contributed by atoms with Crippen LogP contribution in [0.3, 0.4) is 0 Å². The summed E-state index contributed by atoms with van der Waals surface area (Å²) in [7, 11) is 0. The molecule has 21 heavy (non-hydrogen) atoms. The maximum absolute atomic E-state index is 13.4. The zero-order valence-electron chi connectivity index (χ0n) is 11.6. The van der Waals surface area contributed by atoms with Crippen LogP contribution in [-0.4, -0.2) is 24.4 Å². The van der Waals surface area contributed by atoms with Gasteiger partial charge in [0.25, 0.3) is 0 Å². The molecule has 1 unspecified atom stereocenters. The lowest BCUT2D eigenvalue weighted by atomic mass is 10.2. The maximum atomic E-state index is 13.4. The topological polar surface area (TPSA) is 41.5 Å². The first-order valence-electron chi connectivity index (χ1n) is 6.61. The van der Waals surface area contributed by atoms with Gasteiger partial charge in [-0.1, -0.05) is 17.7 Å². The molecule has 5 heteroatoms. The Labute approximate surface area is 122 Å². The van der Waals surface area contributed by atoms with Gasteiger partial charge in [-0.25, -0.2) is 8.78 Å². The van der Waals surface area contributed by atoms with Gasteiger partial charge in [-0.3, -0.25) is 0 Å². The molecule has 0 aliphatic rings. The van der Waals surface area contributed by atoms with Crippen molar-refractivity contribution in [3.63, 3.8) is 0 Å². The van der Waals surface area contributed by atoms with Crippen LogP contribution in [0.4, 0.5) is 14.5 Å². The van der Waals surface area contributed by atoms with Gasteiger partial charge in [0, 0.05) is 6.54 Å². The minimum atomic E-state index is -0.839. The van der Waals surface area contributed by atoms with Crippen LogP contribution in [0.1, 0.15) is 5.56 Å². The number of halogens is 2. The lowest BCUT2D eigenvalue weighted by molar-refractivity contribution is 0.117. The highest BCUT2D eigenvalue weighted by molar-refractivity contribution is 5.44. The molecule has 2 aromatic carbocycles. The molecule has 0 heterocycles. The van der Waals surface area contributed by atoms with E-state index in [2.05, 4.69) is 5.32 Å². The first kappa shape index (κ1) is 15.3. The van der Waals surface area contributed by atoms with Crippen molar-refractivity contribution < 1.29 is 18.6 Å². The average molecular weight is 293 g/mol. The minimum absolute atomic E-state index is 0.0179. The SMILES string of the molecule is Cc1ccc(OCC(O)CNc2cc(F)ccc2F)cc1. The molecule has 112 valence electrons. The second-order valence-electron chi connectivity index (χ2n) is 4.78. The Balaban J connectivity index is 1.80. The molecule has 2 N–H and O–H groups in total. The van der Waals surface area contributed by atoms with E-state index in [0.717, 1.165) is 23.8 Å². The maximum Gasteiger partial charge on any atom is 0.146 e. The van der Waals surface area contributed by atoms with E-state index in [4.69, 9.17) is 4.74 Å². The number of aliphatic hydroxyl groups excluding tert-OH is 1. The quantitative estimate of drug-likeness (QED) is 0.860. The van der Waals surface area contributed by atoms with Crippen LogP contribution in [0.25, 0.3) is 0 Å². The third kappa shape index (κ3) is 4.72. The normalized spacial score (nSPS) is 12.0. The Bertz CT molecular complexity index is 587. The van der Waals surface area contributed by atoms with Crippen molar-refractivity contribution in [2.75, 3.05) is 18.5 Å². The van der Waals surface area contributed by atoms with E-state index in [1.165, 1.54) is 0 Å². The van der Waals surface area contributed by atoms with Crippen molar-refractivity contribution in [3.8, 4) is 5.75 Å². The number of nitrogens with one attached hydrogen (secondary N) is 1. The highest BCUT2D eigenvalue weighted by atomic mass is 19.1. The Morgan fingerprint density at radius 2 is 1.86 bits per heavy atom. The predicted molar refractivity (Wildman–Crippen MR) is 77.5 cm³/mol. The third-order valence-electron chi connectivity index (χ3n) is 2.92. The molecule has 0 aromatic heterocycles. The van der Waals surface area contributed by atoms with Crippen molar-refractivity contribution in [1.29, 1.82) is 0 Å². The molecular formula is C16H17F2NO2. The van der Waals surface area contributed by atoms with Crippen molar-refractivity contribution in [2.45, 2.75) is 13.0 Å². The van der Waals surface area contributed by atoms with Crippen molar-refractivity contribution in [1.82, 2.24) is 0 Å². The summed E-state index contributed by atoms with van der Waals surface area (Å²) in [6.45, 7) is 2.09. The number of aliphatic hydroxyl groups is 1. The van der Waals surface area contributed by atoms with E-state index in [0.29, 0.717) is 5.75 Å². The van der Waals surface area contributed by atoms with E-state index in [1.54, 1.807) is 0 Å². The largest absolute Gasteiger partial charge is 0.491 e. The number of anilines is 1. The lowest BCUT2D eigenvalue weighted by Crippen LogP contribution is -2.26. The van der Waals surface area contributed by atoms with Crippen molar-refractivity contribution in [3.05, 3.63) is 59.7 Å². The van der Waals surface area contributed by atoms with E-state index < -0.39 is 17.7 Å². The van der Waals surface area contributed by atoms with Crippen LogP contribution in [0.5, 0.6) is 5.75 Å². The van der Waals surface area contributed by atoms with Gasteiger partial charge in [-0.05, 0) is 37.3 Å². The second kappa shape index (κ2) is 7.04. The first-order chi connectivity index (χ1) is 10.0. The Kier molecular flexibility index (Phi) is 5.11. The highest BCUT2D eigenvalue weighted by Gasteiger charge is 2.08. The molecule has 0 aliphatic heterocycles. The van der Waals surface area contributed by atoms with Gasteiger partial charge in [-0.15, -0.1) is 0 Å². The second-order valence-corrected chi connectivity index (χ2v) is 4.78. The zero-order chi connectivity index (χ0) is 15.2. The van der Waals surface area contributed by atoms with Crippen LogP contribution in [0, 0.1) is 18.6 Å². The summed E-state index contributed by atoms with van der Waals surface area (Å²) in [5.74, 6) is -0.455. The number of hydrogen-bond acceptors (Lipinski definition) is 3. The predicted octanol–water partition coefficient (Wildman–Crippen LogP) is 3.13. The summed E-state index contributed by atoms with van der Waals surface area (Å²) in [4.78, 5) is 0. The fourth-order valence-corrected chi connectivity index (χ4v) is 1.75. The fraction of sp³-hybridized carbons (Fsp3) is 0.250. The minimum Gasteiger partial charge on any atom is -0.491 e. The van der Waals surface area contributed by atoms with Crippen LogP contribution in [0.2, 0.25) is 0 Å². The Hall–Kier alpha value is -2.14. The molecule has 0 bridgehead atoms. The molecule has 2 rings (SSSR count). The molecule has 0 saturated carbocycles. The monoisotopic (exact) mass is 293 g/mol. The Morgan fingerprint density at radius 1 is 1.14 bits per heavy atom. The summed E-state index contributed by atoms with van der Waals surface area (Å²) in [6, 6.07) is 10.5.